The molecule has 0 saturated heterocycles. The molecule has 16 heavy (non-hydrogen) atoms. The van der Waals surface area contributed by atoms with E-state index in [-0.39, 0.29) is 11.5 Å². The Morgan fingerprint density at radius 1 is 1.50 bits per heavy atom. The zero-order valence-electron chi connectivity index (χ0n) is 8.37. The third-order valence-corrected chi connectivity index (χ3v) is 2.40. The van der Waals surface area contributed by atoms with E-state index >= 15 is 0 Å². The number of Topliss-reactive ketones (excluding diaryl/α,β-unsaturated/α-hetero) is 1. The van der Waals surface area contributed by atoms with Crippen LogP contribution in [0.2, 0.25) is 0 Å². The molecule has 1 heterocycles. The zero-order chi connectivity index (χ0) is 11.8. The average molecular weight is 233 g/mol. The van der Waals surface area contributed by atoms with E-state index in [0.29, 0.717) is 17.0 Å². The molecule has 1 aromatic heterocycles. The smallest absolute Gasteiger partial charge is 0.292 e. The molecule has 88 valence electrons. The van der Waals surface area contributed by atoms with Gasteiger partial charge in [-0.1, -0.05) is 5.21 Å². The lowest BCUT2D eigenvalue weighted by Crippen LogP contribution is -2.22. The molecule has 0 atom stereocenters. The summed E-state index contributed by atoms with van der Waals surface area (Å²) < 4.78 is 37.0. The number of halogens is 3. The monoisotopic (exact) mass is 233 g/mol. The lowest BCUT2D eigenvalue weighted by molar-refractivity contribution is -0.143. The number of hydrogen-bond donors (Lipinski definition) is 0. The number of alkyl halides is 3. The fourth-order valence-electron chi connectivity index (χ4n) is 1.45. The van der Waals surface area contributed by atoms with Crippen molar-refractivity contribution in [3.05, 3.63) is 11.9 Å². The Morgan fingerprint density at radius 2 is 2.19 bits per heavy atom. The van der Waals surface area contributed by atoms with Crippen molar-refractivity contribution < 1.29 is 18.0 Å². The van der Waals surface area contributed by atoms with Gasteiger partial charge in [0.05, 0.1) is 6.20 Å². The molecule has 1 aliphatic rings. The summed E-state index contributed by atoms with van der Waals surface area (Å²) in [6, 6.07) is 0. The number of ketones is 1. The van der Waals surface area contributed by atoms with Crippen molar-refractivity contribution in [3.63, 3.8) is 0 Å². The van der Waals surface area contributed by atoms with Gasteiger partial charge in [0.1, 0.15) is 12.2 Å². The van der Waals surface area contributed by atoms with Gasteiger partial charge in [-0.15, -0.1) is 5.10 Å². The van der Waals surface area contributed by atoms with Crippen LogP contribution in [0.3, 0.4) is 0 Å². The first-order valence-corrected chi connectivity index (χ1v) is 4.94. The van der Waals surface area contributed by atoms with Crippen LogP contribution in [0.1, 0.15) is 29.8 Å². The maximum absolute atomic E-state index is 12.1. The second-order valence-corrected chi connectivity index (χ2v) is 3.96. The van der Waals surface area contributed by atoms with Crippen molar-refractivity contribution in [1.82, 2.24) is 15.0 Å². The van der Waals surface area contributed by atoms with Crippen molar-refractivity contribution in [1.29, 1.82) is 0 Å². The Bertz CT molecular complexity index is 395. The molecule has 0 aromatic carbocycles. The standard InChI is InChI=1S/C9H10F3N3O/c10-9(11,12)5-15-7(4-13-14-15)8(16)3-6-1-2-6/h4,6H,1-3,5H2. The van der Waals surface area contributed by atoms with Crippen molar-refractivity contribution in [2.75, 3.05) is 0 Å². The molecule has 1 saturated carbocycles. The number of carbonyl (C=O) groups excluding carboxylic acids is 1. The molecule has 0 N–H and O–H groups in total. The van der Waals surface area contributed by atoms with Crippen LogP contribution in [0, 0.1) is 5.92 Å². The molecule has 4 nitrogen and oxygen atoms in total. The van der Waals surface area contributed by atoms with E-state index in [9.17, 15) is 18.0 Å². The molecule has 2 rings (SSSR count). The second-order valence-electron chi connectivity index (χ2n) is 3.96. The number of rotatable bonds is 4. The van der Waals surface area contributed by atoms with Gasteiger partial charge in [-0.3, -0.25) is 4.79 Å². The van der Waals surface area contributed by atoms with Crippen LogP contribution in [0.4, 0.5) is 13.2 Å². The second kappa shape index (κ2) is 3.88. The molecule has 7 heteroatoms. The molecule has 1 fully saturated rings. The molecular weight excluding hydrogens is 223 g/mol. The predicted molar refractivity (Wildman–Crippen MR) is 47.7 cm³/mol. The fraction of sp³-hybridized carbons (Fsp3) is 0.667. The van der Waals surface area contributed by atoms with Gasteiger partial charge in [-0.25, -0.2) is 4.68 Å². The molecule has 0 aliphatic heterocycles. The SMILES string of the molecule is O=C(CC1CC1)c1cnnn1CC(F)(F)F. The third-order valence-electron chi connectivity index (χ3n) is 2.40. The minimum absolute atomic E-state index is 0.0516. The first-order chi connectivity index (χ1) is 7.46. The summed E-state index contributed by atoms with van der Waals surface area (Å²) in [5.41, 5.74) is -0.0516. The van der Waals surface area contributed by atoms with Gasteiger partial charge >= 0.3 is 6.18 Å². The molecule has 0 radical (unpaired) electrons. The Labute approximate surface area is 89.4 Å². The van der Waals surface area contributed by atoms with Gasteiger partial charge < -0.3 is 0 Å². The van der Waals surface area contributed by atoms with E-state index in [0.717, 1.165) is 19.0 Å². The van der Waals surface area contributed by atoms with Crippen molar-refractivity contribution in [3.8, 4) is 0 Å². The fourth-order valence-corrected chi connectivity index (χ4v) is 1.45. The Balaban J connectivity index is 2.08. The van der Waals surface area contributed by atoms with Crippen LogP contribution in [0.5, 0.6) is 0 Å². The number of carbonyl (C=O) groups is 1. The van der Waals surface area contributed by atoms with Gasteiger partial charge in [0.15, 0.2) is 5.78 Å². The highest BCUT2D eigenvalue weighted by molar-refractivity contribution is 5.94. The van der Waals surface area contributed by atoms with E-state index in [2.05, 4.69) is 10.3 Å². The molecule has 0 spiro atoms. The molecule has 0 unspecified atom stereocenters. The zero-order valence-corrected chi connectivity index (χ0v) is 8.37. The van der Waals surface area contributed by atoms with Gasteiger partial charge in [0, 0.05) is 6.42 Å². The first-order valence-electron chi connectivity index (χ1n) is 4.94. The normalized spacial score (nSPS) is 16.4. The third kappa shape index (κ3) is 2.80. The number of hydrogen-bond acceptors (Lipinski definition) is 3. The highest BCUT2D eigenvalue weighted by Gasteiger charge is 2.32. The summed E-state index contributed by atoms with van der Waals surface area (Å²) in [6.45, 7) is -1.27. The van der Waals surface area contributed by atoms with Gasteiger partial charge in [0.25, 0.3) is 0 Å². The summed E-state index contributed by atoms with van der Waals surface area (Å²) in [6.07, 6.45) is -1.04. The molecule has 1 aliphatic carbocycles. The van der Waals surface area contributed by atoms with Gasteiger partial charge in [-0.05, 0) is 18.8 Å². The summed E-state index contributed by atoms with van der Waals surface area (Å²) in [4.78, 5) is 11.6. The Hall–Kier alpha value is -1.40. The predicted octanol–water partition coefficient (Wildman–Crippen LogP) is 1.82. The van der Waals surface area contributed by atoms with Crippen LogP contribution in [0.25, 0.3) is 0 Å². The maximum Gasteiger partial charge on any atom is 0.408 e. The van der Waals surface area contributed by atoms with Gasteiger partial charge in [-0.2, -0.15) is 13.2 Å². The molecule has 0 amide bonds. The largest absolute Gasteiger partial charge is 0.408 e. The van der Waals surface area contributed by atoms with E-state index in [4.69, 9.17) is 0 Å². The van der Waals surface area contributed by atoms with E-state index in [1.165, 1.54) is 0 Å². The summed E-state index contributed by atoms with van der Waals surface area (Å²) >= 11 is 0. The van der Waals surface area contributed by atoms with Crippen LogP contribution in [-0.4, -0.2) is 27.0 Å². The lowest BCUT2D eigenvalue weighted by atomic mass is 10.1. The maximum atomic E-state index is 12.1. The Morgan fingerprint density at radius 3 is 2.75 bits per heavy atom. The minimum Gasteiger partial charge on any atom is -0.292 e. The van der Waals surface area contributed by atoms with Crippen LogP contribution >= 0.6 is 0 Å². The van der Waals surface area contributed by atoms with Crippen molar-refractivity contribution in [2.24, 2.45) is 5.92 Å². The molecule has 1 aromatic rings. The van der Waals surface area contributed by atoms with Crippen LogP contribution in [0.15, 0.2) is 6.20 Å². The van der Waals surface area contributed by atoms with Crippen molar-refractivity contribution >= 4 is 5.78 Å². The summed E-state index contributed by atoms with van der Waals surface area (Å²) in [5, 5.41) is 6.62. The lowest BCUT2D eigenvalue weighted by Gasteiger charge is -2.08. The summed E-state index contributed by atoms with van der Waals surface area (Å²) in [7, 11) is 0. The molecule has 0 bridgehead atoms. The van der Waals surface area contributed by atoms with E-state index in [1.54, 1.807) is 0 Å². The molecular formula is C9H10F3N3O. The topological polar surface area (TPSA) is 47.8 Å². The highest BCUT2D eigenvalue weighted by Crippen LogP contribution is 2.33. The van der Waals surface area contributed by atoms with E-state index in [1.807, 2.05) is 0 Å². The highest BCUT2D eigenvalue weighted by atomic mass is 19.4. The minimum atomic E-state index is -4.39. The first kappa shape index (κ1) is 11.1. The average Bonchev–Trinajstić information content (AvgIpc) is 2.82. The number of nitrogens with zero attached hydrogens (tertiary/aromatic N) is 3. The summed E-state index contributed by atoms with van der Waals surface area (Å²) in [5.74, 6) is 0.0264. The van der Waals surface area contributed by atoms with Crippen LogP contribution in [-0.2, 0) is 6.54 Å². The Kier molecular flexibility index (Phi) is 2.69. The number of aromatic nitrogens is 3. The van der Waals surface area contributed by atoms with E-state index < -0.39 is 12.7 Å². The van der Waals surface area contributed by atoms with Crippen LogP contribution < -0.4 is 0 Å². The van der Waals surface area contributed by atoms with Gasteiger partial charge in [0.2, 0.25) is 0 Å². The quantitative estimate of drug-likeness (QED) is 0.745. The van der Waals surface area contributed by atoms with Crippen molar-refractivity contribution in [2.45, 2.75) is 32.0 Å².